The quantitative estimate of drug-likeness (QED) is 0.181. The van der Waals surface area contributed by atoms with Crippen molar-refractivity contribution in [1.82, 2.24) is 0 Å². The van der Waals surface area contributed by atoms with Crippen LogP contribution in [-0.2, 0) is 28.7 Å². The van der Waals surface area contributed by atoms with E-state index in [-0.39, 0.29) is 33.8 Å². The van der Waals surface area contributed by atoms with E-state index in [2.05, 4.69) is 26.3 Å². The fourth-order valence-electron chi connectivity index (χ4n) is 3.45. The highest BCUT2D eigenvalue weighted by Gasteiger charge is 2.31. The van der Waals surface area contributed by atoms with E-state index in [1.807, 2.05) is 13.8 Å². The van der Waals surface area contributed by atoms with Crippen LogP contribution in [-0.4, -0.2) is 30.0 Å². The molecule has 0 saturated carbocycles. The third kappa shape index (κ3) is 8.63. The molecule has 0 aliphatic heterocycles. The molecular formula is C33H36O8. The van der Waals surface area contributed by atoms with Crippen molar-refractivity contribution in [2.75, 3.05) is 0 Å². The van der Waals surface area contributed by atoms with Gasteiger partial charge in [0, 0.05) is 28.4 Å². The van der Waals surface area contributed by atoms with E-state index in [0.29, 0.717) is 22.5 Å². The number of ether oxygens (including phenoxy) is 4. The second kappa shape index (κ2) is 13.6. The van der Waals surface area contributed by atoms with Gasteiger partial charge in [0.05, 0.1) is 5.92 Å². The average molecular weight is 561 g/mol. The van der Waals surface area contributed by atoms with Crippen molar-refractivity contribution in [2.45, 2.75) is 54.6 Å². The first-order chi connectivity index (χ1) is 19.0. The predicted molar refractivity (Wildman–Crippen MR) is 157 cm³/mol. The Labute approximate surface area is 241 Å². The van der Waals surface area contributed by atoms with Crippen LogP contribution < -0.4 is 9.47 Å². The third-order valence-electron chi connectivity index (χ3n) is 6.16. The number of carbonyl (C=O) groups excluding carboxylic acids is 4. The van der Waals surface area contributed by atoms with Crippen LogP contribution in [0.2, 0.25) is 0 Å². The lowest BCUT2D eigenvalue weighted by atomic mass is 9.87. The van der Waals surface area contributed by atoms with E-state index < -0.39 is 35.9 Å². The summed E-state index contributed by atoms with van der Waals surface area (Å²) in [6, 6.07) is 4.65. The van der Waals surface area contributed by atoms with Crippen LogP contribution in [0.3, 0.4) is 0 Å². The largest absolute Gasteiger partial charge is 0.454 e. The highest BCUT2D eigenvalue weighted by atomic mass is 16.6. The van der Waals surface area contributed by atoms with Gasteiger partial charge in [-0.3, -0.25) is 0 Å². The Bertz CT molecular complexity index is 1400. The number of rotatable bonds is 10. The second-order valence-corrected chi connectivity index (χ2v) is 10.1. The number of allylic oxidation sites excluding steroid dienone is 4. The molecule has 0 N–H and O–H groups in total. The lowest BCUT2D eigenvalue weighted by molar-refractivity contribution is -0.145. The molecule has 0 heterocycles. The van der Waals surface area contributed by atoms with Crippen molar-refractivity contribution in [1.29, 1.82) is 0 Å². The van der Waals surface area contributed by atoms with Crippen molar-refractivity contribution >= 4 is 29.5 Å². The maximum atomic E-state index is 12.4. The highest BCUT2D eigenvalue weighted by Crippen LogP contribution is 2.36. The number of hydrogen-bond acceptors (Lipinski definition) is 8. The minimum atomic E-state index is -0.759. The van der Waals surface area contributed by atoms with Gasteiger partial charge in [0.2, 0.25) is 0 Å². The standard InChI is InChI=1S/C33H36O8/c1-17(2)30(34)38-26-12-24(13-27(16-26)39-31(35)18(3)4)21(9)22(10)25-14-28(40-32(36)19(5)6)23(11)29(15-25)41-33(37)20(7)8/h12-16,23,28H,1,3,5,7H2,2,4,6,8-11H3/b22-21+. The maximum absolute atomic E-state index is 12.4. The summed E-state index contributed by atoms with van der Waals surface area (Å²) in [5.74, 6) is -2.38. The van der Waals surface area contributed by atoms with Gasteiger partial charge in [0.25, 0.3) is 0 Å². The van der Waals surface area contributed by atoms with Crippen molar-refractivity contribution in [3.05, 3.63) is 101 Å². The fourth-order valence-corrected chi connectivity index (χ4v) is 3.45. The minimum Gasteiger partial charge on any atom is -0.454 e. The van der Waals surface area contributed by atoms with Crippen LogP contribution in [0.1, 0.15) is 54.0 Å². The Kier molecular flexibility index (Phi) is 10.8. The molecule has 0 aromatic heterocycles. The molecule has 2 atom stereocenters. The first-order valence-corrected chi connectivity index (χ1v) is 12.8. The summed E-state index contributed by atoms with van der Waals surface area (Å²) >= 11 is 0. The molecule has 41 heavy (non-hydrogen) atoms. The fraction of sp³-hybridized carbons (Fsp3) is 0.273. The topological polar surface area (TPSA) is 105 Å². The molecule has 216 valence electrons. The van der Waals surface area contributed by atoms with Crippen LogP contribution in [0.25, 0.3) is 5.57 Å². The zero-order valence-electron chi connectivity index (χ0n) is 24.6. The first kappa shape index (κ1) is 32.5. The molecule has 0 saturated heterocycles. The van der Waals surface area contributed by atoms with Crippen LogP contribution in [0.4, 0.5) is 0 Å². The van der Waals surface area contributed by atoms with E-state index in [1.165, 1.54) is 26.8 Å². The first-order valence-electron chi connectivity index (χ1n) is 12.8. The molecule has 0 fully saturated rings. The number of hydrogen-bond donors (Lipinski definition) is 0. The summed E-state index contributed by atoms with van der Waals surface area (Å²) in [5.41, 5.74) is 3.44. The summed E-state index contributed by atoms with van der Waals surface area (Å²) in [4.78, 5) is 49.2. The van der Waals surface area contributed by atoms with Crippen molar-refractivity contribution in [3.63, 3.8) is 0 Å². The highest BCUT2D eigenvalue weighted by molar-refractivity contribution is 5.91. The molecule has 0 bridgehead atoms. The van der Waals surface area contributed by atoms with E-state index in [4.69, 9.17) is 18.9 Å². The van der Waals surface area contributed by atoms with E-state index in [9.17, 15) is 19.2 Å². The molecule has 2 rings (SSSR count). The van der Waals surface area contributed by atoms with Gasteiger partial charge < -0.3 is 18.9 Å². The Morgan fingerprint density at radius 2 is 1.07 bits per heavy atom. The molecular weight excluding hydrogens is 524 g/mol. The van der Waals surface area contributed by atoms with E-state index in [0.717, 1.165) is 5.57 Å². The minimum absolute atomic E-state index is 0.137. The molecule has 1 aromatic rings. The molecule has 8 heteroatoms. The van der Waals surface area contributed by atoms with Crippen LogP contribution >= 0.6 is 0 Å². The monoisotopic (exact) mass is 560 g/mol. The molecule has 8 nitrogen and oxygen atoms in total. The van der Waals surface area contributed by atoms with Gasteiger partial charge in [-0.15, -0.1) is 0 Å². The molecule has 2 unspecified atom stereocenters. The van der Waals surface area contributed by atoms with Gasteiger partial charge in [0.1, 0.15) is 23.4 Å². The molecule has 1 aromatic carbocycles. The average Bonchev–Trinajstić information content (AvgIpc) is 2.89. The Balaban J connectivity index is 2.67. The summed E-state index contributed by atoms with van der Waals surface area (Å²) < 4.78 is 22.1. The molecule has 1 aliphatic rings. The molecule has 0 spiro atoms. The van der Waals surface area contributed by atoms with Crippen LogP contribution in [0.5, 0.6) is 11.5 Å². The lowest BCUT2D eigenvalue weighted by Crippen LogP contribution is -2.29. The van der Waals surface area contributed by atoms with E-state index in [1.54, 1.807) is 38.1 Å². The maximum Gasteiger partial charge on any atom is 0.338 e. The molecule has 1 aliphatic carbocycles. The van der Waals surface area contributed by atoms with Crippen LogP contribution in [0.15, 0.2) is 95.9 Å². The van der Waals surface area contributed by atoms with Crippen molar-refractivity contribution in [2.24, 2.45) is 5.92 Å². The third-order valence-corrected chi connectivity index (χ3v) is 6.16. The normalized spacial score (nSPS) is 16.7. The predicted octanol–water partition coefficient (Wildman–Crippen LogP) is 6.51. The van der Waals surface area contributed by atoms with Gasteiger partial charge in [0.15, 0.2) is 0 Å². The van der Waals surface area contributed by atoms with Crippen LogP contribution in [0, 0.1) is 5.92 Å². The lowest BCUT2D eigenvalue weighted by Gasteiger charge is -2.28. The van der Waals surface area contributed by atoms with Gasteiger partial charge in [-0.05, 0) is 88.1 Å². The summed E-state index contributed by atoms with van der Waals surface area (Å²) in [6.07, 6.45) is 2.70. The van der Waals surface area contributed by atoms with Gasteiger partial charge in [-0.25, -0.2) is 19.2 Å². The van der Waals surface area contributed by atoms with Gasteiger partial charge >= 0.3 is 23.9 Å². The number of carbonyl (C=O) groups is 4. The van der Waals surface area contributed by atoms with Gasteiger partial charge in [-0.1, -0.05) is 33.2 Å². The number of esters is 4. The van der Waals surface area contributed by atoms with Gasteiger partial charge in [-0.2, -0.15) is 0 Å². The molecule has 0 radical (unpaired) electrons. The summed E-state index contributed by atoms with van der Waals surface area (Å²) in [7, 11) is 0. The SMILES string of the molecule is C=C(C)C(=O)OC1=CC(/C(C)=C(\C)c2cc(OC(=O)C(=C)C)cc(OC(=O)C(=C)C)c2)=CC(OC(=O)C(=C)C)C1C. The van der Waals surface area contributed by atoms with Crippen molar-refractivity contribution < 1.29 is 38.1 Å². The Morgan fingerprint density at radius 3 is 1.51 bits per heavy atom. The summed E-state index contributed by atoms with van der Waals surface area (Å²) in [5, 5.41) is 0. The summed E-state index contributed by atoms with van der Waals surface area (Å²) in [6.45, 7) is 26.0. The Morgan fingerprint density at radius 1 is 0.634 bits per heavy atom. The zero-order chi connectivity index (χ0) is 31.2. The molecule has 0 amide bonds. The number of benzene rings is 1. The zero-order valence-corrected chi connectivity index (χ0v) is 24.6. The Hall–Kier alpha value is -4.72. The second-order valence-electron chi connectivity index (χ2n) is 10.1. The smallest absolute Gasteiger partial charge is 0.338 e. The van der Waals surface area contributed by atoms with Crippen molar-refractivity contribution in [3.8, 4) is 11.5 Å². The van der Waals surface area contributed by atoms with E-state index >= 15 is 0 Å².